The second-order valence-electron chi connectivity index (χ2n) is 6.51. The van der Waals surface area contributed by atoms with Gasteiger partial charge in [-0.1, -0.05) is 18.2 Å². The summed E-state index contributed by atoms with van der Waals surface area (Å²) in [5, 5.41) is 3.06. The SMILES string of the molecule is CCN1C[C@H](C(=O)NC[C@H]2CCN(c3ccccc3)C2)CC1=O. The van der Waals surface area contributed by atoms with E-state index in [4.69, 9.17) is 0 Å². The maximum atomic E-state index is 12.3. The van der Waals surface area contributed by atoms with Gasteiger partial charge < -0.3 is 15.1 Å². The number of rotatable bonds is 5. The summed E-state index contributed by atoms with van der Waals surface area (Å²) in [6.45, 7) is 5.94. The fourth-order valence-electron chi connectivity index (χ4n) is 3.52. The van der Waals surface area contributed by atoms with E-state index < -0.39 is 0 Å². The lowest BCUT2D eigenvalue weighted by Gasteiger charge is -2.19. The topological polar surface area (TPSA) is 52.7 Å². The Labute approximate surface area is 137 Å². The van der Waals surface area contributed by atoms with Crippen LogP contribution in [0.3, 0.4) is 0 Å². The minimum absolute atomic E-state index is 0.0347. The first-order valence-electron chi connectivity index (χ1n) is 8.53. The monoisotopic (exact) mass is 315 g/mol. The van der Waals surface area contributed by atoms with Crippen molar-refractivity contribution in [3.8, 4) is 0 Å². The van der Waals surface area contributed by atoms with Crippen LogP contribution in [0.15, 0.2) is 30.3 Å². The lowest BCUT2D eigenvalue weighted by Crippen LogP contribution is -2.36. The molecule has 23 heavy (non-hydrogen) atoms. The highest BCUT2D eigenvalue weighted by atomic mass is 16.2. The van der Waals surface area contributed by atoms with Crippen molar-refractivity contribution in [2.75, 3.05) is 37.6 Å². The maximum absolute atomic E-state index is 12.3. The third-order valence-corrected chi connectivity index (χ3v) is 4.94. The molecule has 0 unspecified atom stereocenters. The molecule has 0 spiro atoms. The lowest BCUT2D eigenvalue weighted by atomic mass is 10.1. The van der Waals surface area contributed by atoms with Gasteiger partial charge in [-0.25, -0.2) is 0 Å². The van der Waals surface area contributed by atoms with E-state index in [9.17, 15) is 9.59 Å². The lowest BCUT2D eigenvalue weighted by molar-refractivity contribution is -0.128. The number of benzene rings is 1. The van der Waals surface area contributed by atoms with E-state index in [2.05, 4.69) is 34.5 Å². The Bertz CT molecular complexity index is 561. The summed E-state index contributed by atoms with van der Waals surface area (Å²) < 4.78 is 0. The second kappa shape index (κ2) is 7.02. The first-order chi connectivity index (χ1) is 11.2. The Kier molecular flexibility index (Phi) is 4.84. The second-order valence-corrected chi connectivity index (χ2v) is 6.51. The molecule has 1 aromatic rings. The van der Waals surface area contributed by atoms with E-state index in [1.54, 1.807) is 4.90 Å². The number of carbonyl (C=O) groups excluding carboxylic acids is 2. The molecule has 0 aromatic heterocycles. The molecule has 2 atom stereocenters. The van der Waals surface area contributed by atoms with Crippen LogP contribution in [0.25, 0.3) is 0 Å². The van der Waals surface area contributed by atoms with Crippen molar-refractivity contribution >= 4 is 17.5 Å². The number of amides is 2. The zero-order chi connectivity index (χ0) is 16.2. The summed E-state index contributed by atoms with van der Waals surface area (Å²) in [5.41, 5.74) is 1.25. The normalized spacial score (nSPS) is 24.3. The Morgan fingerprint density at radius 2 is 2.04 bits per heavy atom. The van der Waals surface area contributed by atoms with Crippen molar-refractivity contribution in [2.45, 2.75) is 19.8 Å². The summed E-state index contributed by atoms with van der Waals surface area (Å²) in [7, 11) is 0. The number of anilines is 1. The summed E-state index contributed by atoms with van der Waals surface area (Å²) in [4.78, 5) is 28.1. The van der Waals surface area contributed by atoms with Crippen LogP contribution in [0.5, 0.6) is 0 Å². The molecule has 2 aliphatic rings. The van der Waals surface area contributed by atoms with Gasteiger partial charge in [0.1, 0.15) is 0 Å². The van der Waals surface area contributed by atoms with Gasteiger partial charge in [0.05, 0.1) is 5.92 Å². The highest BCUT2D eigenvalue weighted by Crippen LogP contribution is 2.23. The molecule has 2 fully saturated rings. The van der Waals surface area contributed by atoms with Gasteiger partial charge in [-0.05, 0) is 31.4 Å². The molecule has 2 aliphatic heterocycles. The van der Waals surface area contributed by atoms with E-state index in [0.717, 1.165) is 19.5 Å². The fraction of sp³-hybridized carbons (Fsp3) is 0.556. The minimum atomic E-state index is -0.172. The molecule has 5 heteroatoms. The molecule has 5 nitrogen and oxygen atoms in total. The first-order valence-corrected chi connectivity index (χ1v) is 8.53. The summed E-state index contributed by atoms with van der Waals surface area (Å²) in [5.74, 6) is 0.448. The van der Waals surface area contributed by atoms with Crippen LogP contribution in [0, 0.1) is 11.8 Å². The van der Waals surface area contributed by atoms with Gasteiger partial charge in [-0.3, -0.25) is 9.59 Å². The van der Waals surface area contributed by atoms with Gasteiger partial charge in [-0.2, -0.15) is 0 Å². The molecule has 124 valence electrons. The van der Waals surface area contributed by atoms with Crippen molar-refractivity contribution in [2.24, 2.45) is 11.8 Å². The Hall–Kier alpha value is -2.04. The van der Waals surface area contributed by atoms with Crippen molar-refractivity contribution < 1.29 is 9.59 Å². The summed E-state index contributed by atoms with van der Waals surface area (Å²) >= 11 is 0. The third-order valence-electron chi connectivity index (χ3n) is 4.94. The van der Waals surface area contributed by atoms with Crippen molar-refractivity contribution in [1.29, 1.82) is 0 Å². The molecule has 3 rings (SSSR count). The average molecular weight is 315 g/mol. The van der Waals surface area contributed by atoms with Gasteiger partial charge in [0, 0.05) is 44.8 Å². The molecule has 2 heterocycles. The number of nitrogens with one attached hydrogen (secondary N) is 1. The number of carbonyl (C=O) groups is 2. The quantitative estimate of drug-likeness (QED) is 0.896. The van der Waals surface area contributed by atoms with Gasteiger partial charge in [0.15, 0.2) is 0 Å². The van der Waals surface area contributed by atoms with E-state index in [1.807, 2.05) is 13.0 Å². The number of nitrogens with zero attached hydrogens (tertiary/aromatic N) is 2. The third kappa shape index (κ3) is 3.66. The zero-order valence-corrected chi connectivity index (χ0v) is 13.7. The summed E-state index contributed by atoms with van der Waals surface area (Å²) in [6, 6.07) is 10.4. The zero-order valence-electron chi connectivity index (χ0n) is 13.7. The van der Waals surface area contributed by atoms with Crippen molar-refractivity contribution in [3.63, 3.8) is 0 Å². The molecule has 0 bridgehead atoms. The highest BCUT2D eigenvalue weighted by molar-refractivity contribution is 5.89. The van der Waals surface area contributed by atoms with E-state index in [1.165, 1.54) is 5.69 Å². The average Bonchev–Trinajstić information content (AvgIpc) is 3.20. The Balaban J connectivity index is 1.45. The first kappa shape index (κ1) is 15.8. The smallest absolute Gasteiger partial charge is 0.225 e. The molecule has 1 N–H and O–H groups in total. The van der Waals surface area contributed by atoms with Crippen LogP contribution in [0.4, 0.5) is 5.69 Å². The predicted molar refractivity (Wildman–Crippen MR) is 90.1 cm³/mol. The van der Waals surface area contributed by atoms with Gasteiger partial charge in [0.25, 0.3) is 0 Å². The van der Waals surface area contributed by atoms with Crippen molar-refractivity contribution in [1.82, 2.24) is 10.2 Å². The van der Waals surface area contributed by atoms with E-state index in [0.29, 0.717) is 32.0 Å². The number of hydrogen-bond donors (Lipinski definition) is 1. The van der Waals surface area contributed by atoms with Crippen LogP contribution >= 0.6 is 0 Å². The molecular weight excluding hydrogens is 290 g/mol. The van der Waals surface area contributed by atoms with Gasteiger partial charge >= 0.3 is 0 Å². The number of para-hydroxylation sites is 1. The molecule has 2 amide bonds. The van der Waals surface area contributed by atoms with E-state index >= 15 is 0 Å². The van der Waals surface area contributed by atoms with Crippen LogP contribution in [-0.4, -0.2) is 49.4 Å². The molecule has 0 aliphatic carbocycles. The largest absolute Gasteiger partial charge is 0.371 e. The van der Waals surface area contributed by atoms with Gasteiger partial charge in [-0.15, -0.1) is 0 Å². The summed E-state index contributed by atoms with van der Waals surface area (Å²) in [6.07, 6.45) is 1.46. The maximum Gasteiger partial charge on any atom is 0.225 e. The van der Waals surface area contributed by atoms with Crippen molar-refractivity contribution in [3.05, 3.63) is 30.3 Å². The minimum Gasteiger partial charge on any atom is -0.371 e. The van der Waals surface area contributed by atoms with Crippen LogP contribution in [0.1, 0.15) is 19.8 Å². The van der Waals surface area contributed by atoms with E-state index in [-0.39, 0.29) is 17.7 Å². The molecule has 0 saturated carbocycles. The van der Waals surface area contributed by atoms with Crippen LogP contribution in [0.2, 0.25) is 0 Å². The fourth-order valence-corrected chi connectivity index (χ4v) is 3.52. The Morgan fingerprint density at radius 3 is 2.74 bits per heavy atom. The highest BCUT2D eigenvalue weighted by Gasteiger charge is 2.33. The number of hydrogen-bond acceptors (Lipinski definition) is 3. The standard InChI is InChI=1S/C18H25N3O2/c1-2-20-13-15(10-17(20)22)18(23)19-11-14-8-9-21(12-14)16-6-4-3-5-7-16/h3-7,14-15H,2,8-13H2,1H3,(H,19,23)/t14-,15-/m1/s1. The molecule has 0 radical (unpaired) electrons. The molecule has 2 saturated heterocycles. The molecule has 1 aromatic carbocycles. The van der Waals surface area contributed by atoms with Crippen LogP contribution in [-0.2, 0) is 9.59 Å². The number of likely N-dealkylation sites (tertiary alicyclic amines) is 1. The molecular formula is C18H25N3O2. The van der Waals surface area contributed by atoms with Crippen LogP contribution < -0.4 is 10.2 Å². The van der Waals surface area contributed by atoms with Gasteiger partial charge in [0.2, 0.25) is 11.8 Å². The Morgan fingerprint density at radius 1 is 1.26 bits per heavy atom. The predicted octanol–water partition coefficient (Wildman–Crippen LogP) is 1.50.